The second kappa shape index (κ2) is 45.4. The molecule has 0 spiro atoms. The molecule has 0 bridgehead atoms. The highest BCUT2D eigenvalue weighted by molar-refractivity contribution is 7.15. The molecule has 0 aliphatic heterocycles. The first-order valence-electron chi connectivity index (χ1n) is 6.32. The van der Waals surface area contributed by atoms with Crippen LogP contribution in [0.2, 0.25) is 0 Å². The molecule has 0 aromatic rings. The Labute approximate surface area is 105 Å². The minimum absolute atomic E-state index is 0.429. The van der Waals surface area contributed by atoms with Crippen LogP contribution in [0.5, 0.6) is 0 Å². The van der Waals surface area contributed by atoms with E-state index in [2.05, 4.69) is 33.7 Å². The van der Waals surface area contributed by atoms with E-state index in [4.69, 9.17) is 0 Å². The number of unbranched alkanes of at least 4 members (excludes halogenated alkanes) is 2. The molecule has 0 aliphatic rings. The smallest absolute Gasteiger partial charge is 0.140 e. The van der Waals surface area contributed by atoms with E-state index < -0.39 is 6.80 Å². The third kappa shape index (κ3) is 63.9. The maximum Gasteiger partial charge on any atom is 0.140 e. The molecule has 0 saturated carbocycles. The molecule has 104 valence electrons. The molecular formula is C12H34FN2P. The summed E-state index contributed by atoms with van der Waals surface area (Å²) >= 11 is 0. The van der Waals surface area contributed by atoms with Gasteiger partial charge in [-0.3, -0.25) is 5.32 Å². The van der Waals surface area contributed by atoms with Crippen LogP contribution in [0.4, 0.5) is 4.39 Å². The number of rotatable bonds is 6. The molecule has 16 heavy (non-hydrogen) atoms. The highest BCUT2D eigenvalue weighted by Crippen LogP contribution is 1.88. The zero-order valence-electron chi connectivity index (χ0n) is 12.2. The lowest BCUT2D eigenvalue weighted by Crippen LogP contribution is -2.23. The first kappa shape index (κ1) is 25.2. The van der Waals surface area contributed by atoms with Gasteiger partial charge in [-0.15, -0.1) is 9.24 Å². The fourth-order valence-electron chi connectivity index (χ4n) is 0.634. The third-order valence-electron chi connectivity index (χ3n) is 1.35. The van der Waals surface area contributed by atoms with Crippen molar-refractivity contribution in [1.29, 1.82) is 0 Å². The van der Waals surface area contributed by atoms with Gasteiger partial charge in [0.1, 0.15) is 6.80 Å². The van der Waals surface area contributed by atoms with E-state index in [0.717, 1.165) is 6.54 Å². The summed E-state index contributed by atoms with van der Waals surface area (Å²) in [5.41, 5.74) is 0. The first-order valence-corrected chi connectivity index (χ1v) is 7.47. The maximum atomic E-state index is 11.2. The summed E-state index contributed by atoms with van der Waals surface area (Å²) in [4.78, 5) is 0. The first-order chi connectivity index (χ1) is 7.83. The largest absolute Gasteiger partial charge is 0.318 e. The van der Waals surface area contributed by atoms with E-state index >= 15 is 0 Å². The van der Waals surface area contributed by atoms with Crippen LogP contribution in [0.25, 0.3) is 0 Å². The molecule has 0 aliphatic carbocycles. The van der Waals surface area contributed by atoms with E-state index in [0.29, 0.717) is 6.54 Å². The van der Waals surface area contributed by atoms with E-state index in [1.807, 2.05) is 27.6 Å². The highest BCUT2D eigenvalue weighted by Gasteiger charge is 1.77. The summed E-state index contributed by atoms with van der Waals surface area (Å²) in [6, 6.07) is 0. The van der Waals surface area contributed by atoms with Crippen molar-refractivity contribution in [2.45, 2.75) is 47.0 Å². The molecule has 4 heteroatoms. The van der Waals surface area contributed by atoms with Crippen LogP contribution in [0.1, 0.15) is 47.0 Å². The van der Waals surface area contributed by atoms with Gasteiger partial charge in [0.05, 0.1) is 0 Å². The van der Waals surface area contributed by atoms with Gasteiger partial charge in [0.25, 0.3) is 0 Å². The number of nitrogens with one attached hydrogen (secondary N) is 2. The van der Waals surface area contributed by atoms with Gasteiger partial charge in [-0.2, -0.15) is 0 Å². The molecule has 2 nitrogen and oxygen atoms in total. The lowest BCUT2D eigenvalue weighted by Gasteiger charge is -1.95. The van der Waals surface area contributed by atoms with Crippen molar-refractivity contribution >= 4 is 9.24 Å². The standard InChI is InChI=1S/C5H12.C4H11FN2.C2H6.CH5P/c1-3-5-4-2;1-6-2-3-7-4-5;2*1-2/h3-5H2,1-2H3;6-7H,2-4H2,1H3;1-2H3;2H2,1H3. The minimum Gasteiger partial charge on any atom is -0.318 e. The normalized spacial score (nSPS) is 7.50. The summed E-state index contributed by atoms with van der Waals surface area (Å²) in [5, 5.41) is 5.39. The van der Waals surface area contributed by atoms with Crippen LogP contribution in [-0.2, 0) is 0 Å². The van der Waals surface area contributed by atoms with Crippen LogP contribution in [-0.4, -0.2) is 33.6 Å². The van der Waals surface area contributed by atoms with Crippen molar-refractivity contribution in [1.82, 2.24) is 10.6 Å². The van der Waals surface area contributed by atoms with Crippen LogP contribution < -0.4 is 10.6 Å². The van der Waals surface area contributed by atoms with Gasteiger partial charge in [0.2, 0.25) is 0 Å². The number of likely N-dealkylation sites (N-methyl/N-ethyl adjacent to an activating group) is 1. The summed E-state index contributed by atoms with van der Waals surface area (Å²) < 4.78 is 11.2. The number of hydrogen-bond donors (Lipinski definition) is 2. The summed E-state index contributed by atoms with van der Waals surface area (Å²) in [6.45, 7) is 11.4. The predicted molar refractivity (Wildman–Crippen MR) is 80.1 cm³/mol. The summed E-state index contributed by atoms with van der Waals surface area (Å²) in [7, 11) is 4.25. The van der Waals surface area contributed by atoms with Gasteiger partial charge in [-0.1, -0.05) is 53.6 Å². The molecule has 0 aromatic heterocycles. The van der Waals surface area contributed by atoms with Crippen molar-refractivity contribution in [2.75, 3.05) is 33.6 Å². The molecule has 0 saturated heterocycles. The van der Waals surface area contributed by atoms with Gasteiger partial charge in [0.15, 0.2) is 0 Å². The Bertz CT molecular complexity index is 61.0. The molecule has 2 N–H and O–H groups in total. The second-order valence-electron chi connectivity index (χ2n) is 2.59. The zero-order valence-corrected chi connectivity index (χ0v) is 13.4. The summed E-state index contributed by atoms with van der Waals surface area (Å²) in [5.74, 6) is 0. The molecule has 0 amide bonds. The molecule has 1 atom stereocenters. The Balaban J connectivity index is -0.0000000704. The zero-order chi connectivity index (χ0) is 13.7. The summed E-state index contributed by atoms with van der Waals surface area (Å²) in [6.07, 6.45) is 4.08. The average Bonchev–Trinajstić information content (AvgIpc) is 2.37. The van der Waals surface area contributed by atoms with Gasteiger partial charge in [-0.25, -0.2) is 4.39 Å². The van der Waals surface area contributed by atoms with Crippen molar-refractivity contribution < 1.29 is 4.39 Å². The second-order valence-corrected chi connectivity index (χ2v) is 2.59. The average molecular weight is 256 g/mol. The van der Waals surface area contributed by atoms with Gasteiger partial charge < -0.3 is 5.32 Å². The SMILES string of the molecule is CC.CCCCC.CNCCNCF.CP. The van der Waals surface area contributed by atoms with Gasteiger partial charge >= 0.3 is 0 Å². The molecule has 1 unspecified atom stereocenters. The Hall–Kier alpha value is 0.280. The fourth-order valence-corrected chi connectivity index (χ4v) is 0.634. The van der Waals surface area contributed by atoms with E-state index in [-0.39, 0.29) is 0 Å². The van der Waals surface area contributed by atoms with E-state index in [9.17, 15) is 4.39 Å². The number of halogens is 1. The Morgan fingerprint density at radius 2 is 1.44 bits per heavy atom. The topological polar surface area (TPSA) is 24.1 Å². The minimum atomic E-state index is -0.429. The monoisotopic (exact) mass is 256 g/mol. The van der Waals surface area contributed by atoms with E-state index in [1.165, 1.54) is 19.3 Å². The third-order valence-corrected chi connectivity index (χ3v) is 1.35. The van der Waals surface area contributed by atoms with Crippen LogP contribution in [0.15, 0.2) is 0 Å². The van der Waals surface area contributed by atoms with Crippen molar-refractivity contribution in [3.8, 4) is 0 Å². The molecule has 0 heterocycles. The van der Waals surface area contributed by atoms with Crippen molar-refractivity contribution in [3.05, 3.63) is 0 Å². The van der Waals surface area contributed by atoms with Crippen LogP contribution in [0, 0.1) is 0 Å². The quantitative estimate of drug-likeness (QED) is 0.432. The predicted octanol–water partition coefficient (Wildman–Crippen LogP) is 3.44. The van der Waals surface area contributed by atoms with Gasteiger partial charge in [0, 0.05) is 13.1 Å². The Morgan fingerprint density at radius 1 is 1.00 bits per heavy atom. The number of hydrogen-bond acceptors (Lipinski definition) is 2. The Morgan fingerprint density at radius 3 is 1.62 bits per heavy atom. The van der Waals surface area contributed by atoms with Crippen molar-refractivity contribution in [2.24, 2.45) is 0 Å². The molecule has 0 rings (SSSR count). The van der Waals surface area contributed by atoms with Crippen LogP contribution >= 0.6 is 9.24 Å². The van der Waals surface area contributed by atoms with Gasteiger partial charge in [-0.05, 0) is 7.05 Å². The van der Waals surface area contributed by atoms with E-state index in [1.54, 1.807) is 0 Å². The van der Waals surface area contributed by atoms with Crippen molar-refractivity contribution in [3.63, 3.8) is 0 Å². The molecule has 0 radical (unpaired) electrons. The molecule has 0 fully saturated rings. The maximum absolute atomic E-state index is 11.2. The lowest BCUT2D eigenvalue weighted by molar-refractivity contribution is 0.425. The lowest BCUT2D eigenvalue weighted by atomic mass is 10.3. The Kier molecular flexibility index (Phi) is 71.6. The molecular weight excluding hydrogens is 222 g/mol. The highest BCUT2D eigenvalue weighted by atomic mass is 31.0. The van der Waals surface area contributed by atoms with Crippen LogP contribution in [0.3, 0.4) is 0 Å². The number of alkyl halides is 1. The fraction of sp³-hybridized carbons (Fsp3) is 1.00. The molecule has 0 aromatic carbocycles.